The molecule has 1 heterocycles. The number of anilines is 1. The second kappa shape index (κ2) is 6.53. The summed E-state index contributed by atoms with van der Waals surface area (Å²) in [5.74, 6) is -1.04. The van der Waals surface area contributed by atoms with Crippen molar-refractivity contribution >= 4 is 44.8 Å². The van der Waals surface area contributed by atoms with E-state index >= 15 is 0 Å². The van der Waals surface area contributed by atoms with Gasteiger partial charge < -0.3 is 15.2 Å². The maximum atomic E-state index is 12.1. The van der Waals surface area contributed by atoms with Crippen molar-refractivity contribution in [2.75, 3.05) is 11.9 Å². The molecule has 2 rings (SSSR count). The minimum atomic E-state index is -1.08. The van der Waals surface area contributed by atoms with E-state index in [4.69, 9.17) is 9.84 Å². The molecule has 0 radical (unpaired) electrons. The van der Waals surface area contributed by atoms with Gasteiger partial charge in [-0.3, -0.25) is 4.79 Å². The zero-order valence-electron chi connectivity index (χ0n) is 10.1. The van der Waals surface area contributed by atoms with E-state index in [2.05, 4.69) is 21.2 Å². The van der Waals surface area contributed by atoms with E-state index in [1.807, 2.05) is 0 Å². The van der Waals surface area contributed by atoms with Crippen LogP contribution in [0, 0.1) is 0 Å². The van der Waals surface area contributed by atoms with Crippen molar-refractivity contribution in [3.05, 3.63) is 45.1 Å². The summed E-state index contributed by atoms with van der Waals surface area (Å²) in [6.07, 6.45) is 0. The number of carboxylic acid groups (broad SMARTS) is 1. The van der Waals surface area contributed by atoms with Gasteiger partial charge in [-0.05, 0) is 39.5 Å². The predicted molar refractivity (Wildman–Crippen MR) is 79.5 cm³/mol. The second-order valence-electron chi connectivity index (χ2n) is 3.73. The first-order valence-electron chi connectivity index (χ1n) is 5.56. The van der Waals surface area contributed by atoms with Crippen molar-refractivity contribution in [1.29, 1.82) is 0 Å². The Morgan fingerprint density at radius 3 is 2.70 bits per heavy atom. The van der Waals surface area contributed by atoms with Crippen LogP contribution in [-0.2, 0) is 4.79 Å². The molecule has 0 saturated carbocycles. The monoisotopic (exact) mass is 355 g/mol. The number of thiophene rings is 1. The first-order valence-corrected chi connectivity index (χ1v) is 7.23. The average Bonchev–Trinajstić information content (AvgIpc) is 2.84. The van der Waals surface area contributed by atoms with E-state index in [9.17, 15) is 9.59 Å². The molecule has 0 aliphatic rings. The molecule has 0 atom stereocenters. The predicted octanol–water partition coefficient (Wildman–Crippen LogP) is 3.23. The zero-order valence-corrected chi connectivity index (χ0v) is 12.5. The van der Waals surface area contributed by atoms with Crippen molar-refractivity contribution in [2.24, 2.45) is 0 Å². The molecule has 1 aromatic heterocycles. The molecule has 5 nitrogen and oxygen atoms in total. The molecular formula is C13H10BrNO4S. The van der Waals surface area contributed by atoms with E-state index in [0.29, 0.717) is 20.8 Å². The zero-order chi connectivity index (χ0) is 14.5. The molecule has 0 fully saturated rings. The number of carbonyl (C=O) groups is 2. The van der Waals surface area contributed by atoms with E-state index in [-0.39, 0.29) is 5.91 Å². The van der Waals surface area contributed by atoms with Gasteiger partial charge in [0.05, 0.1) is 5.69 Å². The smallest absolute Gasteiger partial charge is 0.341 e. The maximum Gasteiger partial charge on any atom is 0.341 e. The molecule has 0 saturated heterocycles. The lowest BCUT2D eigenvalue weighted by molar-refractivity contribution is -0.139. The first kappa shape index (κ1) is 14.5. The molecule has 1 amide bonds. The Morgan fingerprint density at radius 2 is 2.05 bits per heavy atom. The molecule has 0 unspecified atom stereocenters. The molecule has 2 aromatic rings. The van der Waals surface area contributed by atoms with E-state index in [0.717, 1.165) is 0 Å². The molecule has 0 bridgehead atoms. The van der Waals surface area contributed by atoms with Crippen LogP contribution in [0.5, 0.6) is 5.75 Å². The number of amides is 1. The Bertz CT molecular complexity index is 641. The van der Waals surface area contributed by atoms with Crippen LogP contribution >= 0.6 is 27.3 Å². The van der Waals surface area contributed by atoms with Crippen LogP contribution < -0.4 is 10.1 Å². The van der Waals surface area contributed by atoms with Crippen molar-refractivity contribution in [3.63, 3.8) is 0 Å². The fraction of sp³-hybridized carbons (Fsp3) is 0.0769. The summed E-state index contributed by atoms with van der Waals surface area (Å²) in [5.41, 5.74) is 0.430. The van der Waals surface area contributed by atoms with Gasteiger partial charge in [-0.25, -0.2) is 4.79 Å². The highest BCUT2D eigenvalue weighted by atomic mass is 79.9. The van der Waals surface area contributed by atoms with Gasteiger partial charge in [0, 0.05) is 4.47 Å². The lowest BCUT2D eigenvalue weighted by Gasteiger charge is -2.10. The van der Waals surface area contributed by atoms with Crippen molar-refractivity contribution in [2.45, 2.75) is 0 Å². The summed E-state index contributed by atoms with van der Waals surface area (Å²) < 4.78 is 5.84. The Labute approximate surface area is 127 Å². The van der Waals surface area contributed by atoms with Crippen LogP contribution in [0.3, 0.4) is 0 Å². The Balaban J connectivity index is 2.15. The number of aliphatic carboxylic acids is 1. The number of carboxylic acids is 1. The largest absolute Gasteiger partial charge is 0.480 e. The minimum absolute atomic E-state index is 0.279. The third-order valence-corrected chi connectivity index (χ3v) is 4.15. The fourth-order valence-electron chi connectivity index (χ4n) is 1.47. The Kier molecular flexibility index (Phi) is 4.75. The van der Waals surface area contributed by atoms with Crippen LogP contribution in [0.15, 0.2) is 40.2 Å². The molecule has 2 N–H and O–H groups in total. The van der Waals surface area contributed by atoms with Crippen LogP contribution in [0.2, 0.25) is 0 Å². The second-order valence-corrected chi connectivity index (χ2v) is 5.50. The van der Waals surface area contributed by atoms with E-state index < -0.39 is 12.6 Å². The standard InChI is InChI=1S/C13H10BrNO4S/c14-8-5-6-20-12(8)13(18)15-9-3-1-2-4-10(9)19-7-11(16)17/h1-6H,7H2,(H,15,18)(H,16,17). The maximum absolute atomic E-state index is 12.1. The third kappa shape index (κ3) is 3.58. The highest BCUT2D eigenvalue weighted by molar-refractivity contribution is 9.10. The summed E-state index contributed by atoms with van der Waals surface area (Å²) in [7, 11) is 0. The average molecular weight is 356 g/mol. The molecule has 1 aromatic carbocycles. The van der Waals surface area contributed by atoms with Crippen molar-refractivity contribution in [3.8, 4) is 5.75 Å². The molecule has 7 heteroatoms. The summed E-state index contributed by atoms with van der Waals surface area (Å²) in [5, 5.41) is 13.1. The SMILES string of the molecule is O=C(O)COc1ccccc1NC(=O)c1sccc1Br. The van der Waals surface area contributed by atoms with Gasteiger partial charge in [-0.2, -0.15) is 0 Å². The summed E-state index contributed by atoms with van der Waals surface area (Å²) in [4.78, 5) is 23.1. The molecule has 20 heavy (non-hydrogen) atoms. The highest BCUT2D eigenvalue weighted by Crippen LogP contribution is 2.27. The lowest BCUT2D eigenvalue weighted by Crippen LogP contribution is -2.14. The molecule has 0 spiro atoms. The van der Waals surface area contributed by atoms with Gasteiger partial charge >= 0.3 is 5.97 Å². The molecular weight excluding hydrogens is 346 g/mol. The third-order valence-electron chi connectivity index (χ3n) is 2.31. The van der Waals surface area contributed by atoms with Gasteiger partial charge in [0.25, 0.3) is 5.91 Å². The Morgan fingerprint density at radius 1 is 1.30 bits per heavy atom. The lowest BCUT2D eigenvalue weighted by atomic mass is 10.3. The van der Waals surface area contributed by atoms with Gasteiger partial charge in [-0.1, -0.05) is 12.1 Å². The number of carbonyl (C=O) groups excluding carboxylic acids is 1. The van der Waals surface area contributed by atoms with Crippen LogP contribution in [0.4, 0.5) is 5.69 Å². The van der Waals surface area contributed by atoms with Gasteiger partial charge in [0.2, 0.25) is 0 Å². The number of benzene rings is 1. The molecule has 0 aliphatic heterocycles. The highest BCUT2D eigenvalue weighted by Gasteiger charge is 2.14. The topological polar surface area (TPSA) is 75.6 Å². The van der Waals surface area contributed by atoms with Crippen molar-refractivity contribution < 1.29 is 19.4 Å². The fourth-order valence-corrected chi connectivity index (χ4v) is 2.92. The summed E-state index contributed by atoms with van der Waals surface area (Å²) in [6.45, 7) is -0.463. The Hall–Kier alpha value is -1.86. The number of ether oxygens (including phenoxy) is 1. The summed E-state index contributed by atoms with van der Waals surface area (Å²) in [6, 6.07) is 8.46. The van der Waals surface area contributed by atoms with Crippen molar-refractivity contribution in [1.82, 2.24) is 0 Å². The number of hydrogen-bond donors (Lipinski definition) is 2. The quantitative estimate of drug-likeness (QED) is 0.863. The van der Waals surface area contributed by atoms with Gasteiger partial charge in [0.15, 0.2) is 6.61 Å². The number of nitrogens with one attached hydrogen (secondary N) is 1. The van der Waals surface area contributed by atoms with Gasteiger partial charge in [0.1, 0.15) is 10.6 Å². The number of halogens is 1. The summed E-state index contributed by atoms with van der Waals surface area (Å²) >= 11 is 4.60. The number of hydrogen-bond acceptors (Lipinski definition) is 4. The van der Waals surface area contributed by atoms with Crippen LogP contribution in [-0.4, -0.2) is 23.6 Å². The first-order chi connectivity index (χ1) is 9.58. The van der Waals surface area contributed by atoms with E-state index in [1.165, 1.54) is 11.3 Å². The normalized spacial score (nSPS) is 10.1. The number of rotatable bonds is 5. The minimum Gasteiger partial charge on any atom is -0.480 e. The van der Waals surface area contributed by atoms with Gasteiger partial charge in [-0.15, -0.1) is 11.3 Å². The molecule has 0 aliphatic carbocycles. The van der Waals surface area contributed by atoms with Crippen LogP contribution in [0.25, 0.3) is 0 Å². The number of para-hydroxylation sites is 2. The molecule has 104 valence electrons. The van der Waals surface area contributed by atoms with E-state index in [1.54, 1.807) is 35.7 Å². The van der Waals surface area contributed by atoms with Crippen LogP contribution in [0.1, 0.15) is 9.67 Å².